The molecule has 122 valence electrons. The number of methoxy groups -OCH3 is 1. The predicted octanol–water partition coefficient (Wildman–Crippen LogP) is 3.21. The van der Waals surface area contributed by atoms with E-state index in [-0.39, 0.29) is 5.97 Å². The lowest BCUT2D eigenvalue weighted by atomic mass is 10.2. The first-order valence-corrected chi connectivity index (χ1v) is 7.40. The molecule has 0 aromatic heterocycles. The van der Waals surface area contributed by atoms with E-state index in [1.54, 1.807) is 24.3 Å². The largest absolute Gasteiger partial charge is 0.493 e. The van der Waals surface area contributed by atoms with Crippen LogP contribution >= 0.6 is 0 Å². The van der Waals surface area contributed by atoms with E-state index in [4.69, 9.17) is 15.2 Å². The minimum absolute atomic E-state index is 0.359. The highest BCUT2D eigenvalue weighted by atomic mass is 16.5. The highest BCUT2D eigenvalue weighted by Crippen LogP contribution is 2.19. The molecule has 0 saturated heterocycles. The third kappa shape index (κ3) is 4.92. The van der Waals surface area contributed by atoms with E-state index in [9.17, 15) is 4.79 Å². The summed E-state index contributed by atoms with van der Waals surface area (Å²) in [5.74, 6) is 1.11. The second-order valence-corrected chi connectivity index (χ2v) is 5.08. The van der Waals surface area contributed by atoms with Crippen molar-refractivity contribution >= 4 is 11.7 Å². The number of anilines is 1. The molecule has 2 aromatic carbocycles. The van der Waals surface area contributed by atoms with Gasteiger partial charge in [-0.3, -0.25) is 0 Å². The fourth-order valence-electron chi connectivity index (χ4n) is 1.95. The van der Waals surface area contributed by atoms with Gasteiger partial charge >= 0.3 is 5.97 Å². The Bertz CT molecular complexity index is 653. The Hall–Kier alpha value is -2.69. The van der Waals surface area contributed by atoms with E-state index >= 15 is 0 Å². The molecule has 0 amide bonds. The number of esters is 1. The Balaban J connectivity index is 1.71. The van der Waals surface area contributed by atoms with Crippen LogP contribution in [-0.4, -0.2) is 26.3 Å². The van der Waals surface area contributed by atoms with Crippen LogP contribution in [0.1, 0.15) is 22.3 Å². The number of carbonyl (C=O) groups excluding carboxylic acids is 1. The molecule has 0 spiro atoms. The van der Waals surface area contributed by atoms with Gasteiger partial charge in [0.05, 0.1) is 25.9 Å². The first-order chi connectivity index (χ1) is 11.1. The molecular formula is C18H21NO4. The van der Waals surface area contributed by atoms with Gasteiger partial charge in [-0.15, -0.1) is 0 Å². The highest BCUT2D eigenvalue weighted by molar-refractivity contribution is 5.89. The maximum absolute atomic E-state index is 11.3. The fraction of sp³-hybridized carbons (Fsp3) is 0.278. The van der Waals surface area contributed by atoms with Crippen LogP contribution in [0.3, 0.4) is 0 Å². The first kappa shape index (κ1) is 16.7. The summed E-state index contributed by atoms with van der Waals surface area (Å²) < 4.78 is 15.9. The summed E-state index contributed by atoms with van der Waals surface area (Å²) in [7, 11) is 1.36. The summed E-state index contributed by atoms with van der Waals surface area (Å²) in [6.45, 7) is 3.03. The molecule has 0 radical (unpaired) electrons. The van der Waals surface area contributed by atoms with Gasteiger partial charge < -0.3 is 19.9 Å². The normalized spacial score (nSPS) is 10.2. The number of benzene rings is 2. The van der Waals surface area contributed by atoms with E-state index in [1.807, 2.05) is 25.1 Å². The van der Waals surface area contributed by atoms with Crippen LogP contribution in [0.15, 0.2) is 42.5 Å². The van der Waals surface area contributed by atoms with Gasteiger partial charge in [0.2, 0.25) is 0 Å². The van der Waals surface area contributed by atoms with Crippen molar-refractivity contribution in [1.82, 2.24) is 0 Å². The van der Waals surface area contributed by atoms with E-state index < -0.39 is 0 Å². The van der Waals surface area contributed by atoms with E-state index in [0.29, 0.717) is 24.5 Å². The van der Waals surface area contributed by atoms with Crippen molar-refractivity contribution in [2.45, 2.75) is 13.3 Å². The number of hydrogen-bond acceptors (Lipinski definition) is 5. The van der Waals surface area contributed by atoms with Crippen LogP contribution in [-0.2, 0) is 4.74 Å². The van der Waals surface area contributed by atoms with Crippen LogP contribution in [0.2, 0.25) is 0 Å². The number of carbonyl (C=O) groups is 1. The Morgan fingerprint density at radius 2 is 1.61 bits per heavy atom. The Kier molecular flexibility index (Phi) is 5.86. The molecule has 0 bridgehead atoms. The molecular weight excluding hydrogens is 294 g/mol. The zero-order valence-electron chi connectivity index (χ0n) is 13.4. The summed E-state index contributed by atoms with van der Waals surface area (Å²) in [5, 5.41) is 0. The SMILES string of the molecule is COC(=O)c1ccc(OCCCOc2ccc(C)c(N)c2)cc1. The maximum Gasteiger partial charge on any atom is 0.337 e. The van der Waals surface area contributed by atoms with Gasteiger partial charge in [-0.05, 0) is 42.8 Å². The molecule has 2 N–H and O–H groups in total. The van der Waals surface area contributed by atoms with E-state index in [2.05, 4.69) is 4.74 Å². The van der Waals surface area contributed by atoms with Crippen LogP contribution in [0.4, 0.5) is 5.69 Å². The lowest BCUT2D eigenvalue weighted by Crippen LogP contribution is -2.06. The molecule has 2 aromatic rings. The monoisotopic (exact) mass is 315 g/mol. The van der Waals surface area contributed by atoms with Crippen molar-refractivity contribution in [2.75, 3.05) is 26.1 Å². The second-order valence-electron chi connectivity index (χ2n) is 5.08. The third-order valence-electron chi connectivity index (χ3n) is 3.35. The summed E-state index contributed by atoms with van der Waals surface area (Å²) in [6.07, 6.45) is 0.743. The van der Waals surface area contributed by atoms with Gasteiger partial charge in [-0.2, -0.15) is 0 Å². The molecule has 0 aliphatic carbocycles. The van der Waals surface area contributed by atoms with Gasteiger partial charge in [-0.25, -0.2) is 4.79 Å². The van der Waals surface area contributed by atoms with Crippen molar-refractivity contribution in [3.05, 3.63) is 53.6 Å². The molecule has 5 nitrogen and oxygen atoms in total. The van der Waals surface area contributed by atoms with Crippen molar-refractivity contribution in [3.63, 3.8) is 0 Å². The van der Waals surface area contributed by atoms with Crippen molar-refractivity contribution in [2.24, 2.45) is 0 Å². The van der Waals surface area contributed by atoms with Crippen LogP contribution in [0.25, 0.3) is 0 Å². The zero-order chi connectivity index (χ0) is 16.7. The maximum atomic E-state index is 11.3. The third-order valence-corrected chi connectivity index (χ3v) is 3.35. The molecule has 2 rings (SSSR count). The van der Waals surface area contributed by atoms with Gasteiger partial charge in [0.25, 0.3) is 0 Å². The lowest BCUT2D eigenvalue weighted by molar-refractivity contribution is 0.0600. The smallest absolute Gasteiger partial charge is 0.337 e. The summed E-state index contributed by atoms with van der Waals surface area (Å²) >= 11 is 0. The number of hydrogen-bond donors (Lipinski definition) is 1. The quantitative estimate of drug-likeness (QED) is 0.482. The number of nitrogens with two attached hydrogens (primary N) is 1. The van der Waals surface area contributed by atoms with Gasteiger partial charge in [-0.1, -0.05) is 6.07 Å². The number of rotatable bonds is 7. The number of aryl methyl sites for hydroxylation is 1. The molecule has 0 aliphatic heterocycles. The molecule has 0 heterocycles. The molecule has 0 aliphatic rings. The molecule has 0 saturated carbocycles. The van der Waals surface area contributed by atoms with E-state index in [0.717, 1.165) is 23.4 Å². The average Bonchev–Trinajstić information content (AvgIpc) is 2.57. The first-order valence-electron chi connectivity index (χ1n) is 7.40. The van der Waals surface area contributed by atoms with Crippen LogP contribution in [0.5, 0.6) is 11.5 Å². The molecule has 0 fully saturated rings. The minimum atomic E-state index is -0.359. The van der Waals surface area contributed by atoms with Gasteiger partial charge in [0, 0.05) is 18.2 Å². The molecule has 5 heteroatoms. The number of nitrogen functional groups attached to an aromatic ring is 1. The summed E-state index contributed by atoms with van der Waals surface area (Å²) in [4.78, 5) is 11.3. The Morgan fingerprint density at radius 3 is 2.22 bits per heavy atom. The predicted molar refractivity (Wildman–Crippen MR) is 89.0 cm³/mol. The summed E-state index contributed by atoms with van der Waals surface area (Å²) in [6, 6.07) is 12.5. The van der Waals surface area contributed by atoms with Gasteiger partial charge in [0.15, 0.2) is 0 Å². The van der Waals surface area contributed by atoms with Crippen molar-refractivity contribution < 1.29 is 19.0 Å². The number of ether oxygens (including phenoxy) is 3. The lowest BCUT2D eigenvalue weighted by Gasteiger charge is -2.09. The van der Waals surface area contributed by atoms with Crippen molar-refractivity contribution in [3.8, 4) is 11.5 Å². The fourth-order valence-corrected chi connectivity index (χ4v) is 1.95. The molecule has 23 heavy (non-hydrogen) atoms. The van der Waals surface area contributed by atoms with Gasteiger partial charge in [0.1, 0.15) is 11.5 Å². The standard InChI is InChI=1S/C18H21NO4/c1-13-4-7-16(12-17(13)19)23-11-3-10-22-15-8-5-14(6-9-15)18(20)21-2/h4-9,12H,3,10-11,19H2,1-2H3. The Labute approximate surface area is 136 Å². The van der Waals surface area contributed by atoms with Crippen molar-refractivity contribution in [1.29, 1.82) is 0 Å². The zero-order valence-corrected chi connectivity index (χ0v) is 13.4. The van der Waals surface area contributed by atoms with E-state index in [1.165, 1.54) is 7.11 Å². The topological polar surface area (TPSA) is 70.8 Å². The average molecular weight is 315 g/mol. The summed E-state index contributed by atoms with van der Waals surface area (Å²) in [5.41, 5.74) is 8.10. The second kappa shape index (κ2) is 8.08. The van der Waals surface area contributed by atoms with Crippen LogP contribution < -0.4 is 15.2 Å². The molecule has 0 unspecified atom stereocenters. The molecule has 0 atom stereocenters. The van der Waals surface area contributed by atoms with Crippen LogP contribution in [0, 0.1) is 6.92 Å². The highest BCUT2D eigenvalue weighted by Gasteiger charge is 2.04. The minimum Gasteiger partial charge on any atom is -0.493 e. The Morgan fingerprint density at radius 1 is 1.00 bits per heavy atom.